The maximum Gasteiger partial charge on any atom is 0.410 e. The molecular formula is C23H25ClN4O2. The minimum atomic E-state index is -0.483. The van der Waals surface area contributed by atoms with Gasteiger partial charge in [-0.05, 0) is 63.9 Å². The molecule has 4 heterocycles. The Balaban J connectivity index is 1.43. The molecule has 0 aliphatic carbocycles. The molecule has 2 aromatic heterocycles. The van der Waals surface area contributed by atoms with Gasteiger partial charge in [-0.15, -0.1) is 0 Å². The molecule has 5 rings (SSSR count). The first-order chi connectivity index (χ1) is 14.2. The van der Waals surface area contributed by atoms with Crippen LogP contribution in [0.1, 0.15) is 39.3 Å². The van der Waals surface area contributed by atoms with E-state index in [1.54, 1.807) is 0 Å². The molecular weight excluding hydrogens is 400 g/mol. The van der Waals surface area contributed by atoms with Gasteiger partial charge < -0.3 is 9.64 Å². The lowest BCUT2D eigenvalue weighted by Crippen LogP contribution is -2.37. The maximum atomic E-state index is 12.6. The number of amides is 1. The van der Waals surface area contributed by atoms with Crippen molar-refractivity contribution in [3.63, 3.8) is 0 Å². The van der Waals surface area contributed by atoms with Gasteiger partial charge in [0.25, 0.3) is 0 Å². The second kappa shape index (κ2) is 6.71. The van der Waals surface area contributed by atoms with Gasteiger partial charge in [-0.1, -0.05) is 11.6 Å². The first-order valence-corrected chi connectivity index (χ1v) is 10.7. The van der Waals surface area contributed by atoms with Crippen LogP contribution in [0.5, 0.6) is 0 Å². The van der Waals surface area contributed by atoms with Gasteiger partial charge in [0.1, 0.15) is 5.60 Å². The standard InChI is InChI=1S/C23H25ClN4O2/c1-22(2,3)30-21(29)27-8-6-23(14-27)7-9-28-20(23)12-19(26-28)16-10-15-11-17(24)4-5-18(15)25-13-16/h4-5,10-13H,6-9,14H2,1-3H3. The predicted molar refractivity (Wildman–Crippen MR) is 117 cm³/mol. The predicted octanol–water partition coefficient (Wildman–Crippen LogP) is 5.03. The van der Waals surface area contributed by atoms with Crippen LogP contribution >= 0.6 is 11.6 Å². The molecule has 1 atom stereocenters. The Morgan fingerprint density at radius 3 is 2.77 bits per heavy atom. The molecule has 1 fully saturated rings. The molecule has 1 saturated heterocycles. The number of benzene rings is 1. The van der Waals surface area contributed by atoms with Gasteiger partial charge in [-0.3, -0.25) is 9.67 Å². The minimum absolute atomic E-state index is 0.0459. The first-order valence-electron chi connectivity index (χ1n) is 10.3. The Hall–Kier alpha value is -2.60. The van der Waals surface area contributed by atoms with Crippen LogP contribution in [0, 0.1) is 0 Å². The Morgan fingerprint density at radius 1 is 1.17 bits per heavy atom. The van der Waals surface area contributed by atoms with Crippen LogP contribution in [0.15, 0.2) is 36.5 Å². The van der Waals surface area contributed by atoms with Crippen LogP contribution < -0.4 is 0 Å². The summed E-state index contributed by atoms with van der Waals surface area (Å²) in [6.07, 6.45) is 3.57. The number of aryl methyl sites for hydroxylation is 1. The molecule has 1 amide bonds. The van der Waals surface area contributed by atoms with E-state index in [2.05, 4.69) is 21.8 Å². The monoisotopic (exact) mass is 424 g/mol. The van der Waals surface area contributed by atoms with E-state index in [-0.39, 0.29) is 11.5 Å². The summed E-state index contributed by atoms with van der Waals surface area (Å²) < 4.78 is 7.68. The van der Waals surface area contributed by atoms with Gasteiger partial charge >= 0.3 is 6.09 Å². The third-order valence-corrected chi connectivity index (χ3v) is 6.31. The number of hydrogen-bond acceptors (Lipinski definition) is 4. The topological polar surface area (TPSA) is 60.2 Å². The third kappa shape index (κ3) is 3.33. The molecule has 6 nitrogen and oxygen atoms in total. The van der Waals surface area contributed by atoms with Crippen molar-refractivity contribution in [3.8, 4) is 11.3 Å². The highest BCUT2D eigenvalue weighted by Gasteiger charge is 2.47. The lowest BCUT2D eigenvalue weighted by atomic mass is 9.82. The summed E-state index contributed by atoms with van der Waals surface area (Å²) >= 11 is 6.15. The zero-order chi connectivity index (χ0) is 21.1. The Kier molecular flexibility index (Phi) is 4.33. The number of halogens is 1. The average Bonchev–Trinajstić information content (AvgIpc) is 3.37. The number of fused-ring (bicyclic) bond motifs is 3. The molecule has 1 unspecified atom stereocenters. The fraction of sp³-hybridized carbons (Fsp3) is 0.435. The first kappa shape index (κ1) is 19.4. The molecule has 2 aliphatic rings. The van der Waals surface area contributed by atoms with Gasteiger partial charge in [0.2, 0.25) is 0 Å². The molecule has 0 saturated carbocycles. The lowest BCUT2D eigenvalue weighted by molar-refractivity contribution is 0.0284. The highest BCUT2D eigenvalue weighted by molar-refractivity contribution is 6.31. The van der Waals surface area contributed by atoms with Crippen molar-refractivity contribution in [2.24, 2.45) is 0 Å². The fourth-order valence-electron chi connectivity index (χ4n) is 4.61. The average molecular weight is 425 g/mol. The molecule has 0 N–H and O–H groups in total. The van der Waals surface area contributed by atoms with E-state index in [0.29, 0.717) is 18.1 Å². The molecule has 30 heavy (non-hydrogen) atoms. The number of carbonyl (C=O) groups excluding carboxylic acids is 1. The van der Waals surface area contributed by atoms with Crippen LogP contribution in [0.2, 0.25) is 5.02 Å². The van der Waals surface area contributed by atoms with E-state index >= 15 is 0 Å². The number of ether oxygens (including phenoxy) is 1. The normalized spacial score (nSPS) is 20.9. The third-order valence-electron chi connectivity index (χ3n) is 6.07. The molecule has 0 radical (unpaired) electrons. The van der Waals surface area contributed by atoms with Crippen LogP contribution in [-0.2, 0) is 16.7 Å². The summed E-state index contributed by atoms with van der Waals surface area (Å²) in [6.45, 7) is 7.96. The summed E-state index contributed by atoms with van der Waals surface area (Å²) in [5.41, 5.74) is 3.47. The number of carbonyl (C=O) groups is 1. The lowest BCUT2D eigenvalue weighted by Gasteiger charge is -2.26. The van der Waals surface area contributed by atoms with E-state index < -0.39 is 5.60 Å². The highest BCUT2D eigenvalue weighted by atomic mass is 35.5. The number of pyridine rings is 1. The van der Waals surface area contributed by atoms with Gasteiger partial charge in [-0.25, -0.2) is 4.79 Å². The Labute approximate surface area is 180 Å². The molecule has 0 bridgehead atoms. The summed E-state index contributed by atoms with van der Waals surface area (Å²) in [5.74, 6) is 0. The minimum Gasteiger partial charge on any atom is -0.444 e. The molecule has 1 aromatic carbocycles. The Bertz CT molecular complexity index is 1150. The van der Waals surface area contributed by atoms with E-state index in [1.165, 1.54) is 5.69 Å². The molecule has 3 aromatic rings. The Morgan fingerprint density at radius 2 is 1.97 bits per heavy atom. The van der Waals surface area contributed by atoms with Crippen molar-refractivity contribution in [3.05, 3.63) is 47.2 Å². The van der Waals surface area contributed by atoms with Crippen molar-refractivity contribution < 1.29 is 9.53 Å². The second-order valence-electron chi connectivity index (χ2n) is 9.38. The second-order valence-corrected chi connectivity index (χ2v) is 9.82. The number of likely N-dealkylation sites (tertiary alicyclic amines) is 1. The van der Waals surface area contributed by atoms with Gasteiger partial charge in [0, 0.05) is 52.9 Å². The van der Waals surface area contributed by atoms with Gasteiger partial charge in [0.15, 0.2) is 0 Å². The number of aromatic nitrogens is 3. The highest BCUT2D eigenvalue weighted by Crippen LogP contribution is 2.44. The van der Waals surface area contributed by atoms with Gasteiger partial charge in [0.05, 0.1) is 11.2 Å². The van der Waals surface area contributed by atoms with Crippen molar-refractivity contribution in [2.75, 3.05) is 13.1 Å². The van der Waals surface area contributed by atoms with E-state index in [4.69, 9.17) is 21.4 Å². The summed E-state index contributed by atoms with van der Waals surface area (Å²) in [4.78, 5) is 19.0. The van der Waals surface area contributed by atoms with E-state index in [1.807, 2.05) is 50.1 Å². The fourth-order valence-corrected chi connectivity index (χ4v) is 4.79. The van der Waals surface area contributed by atoms with Crippen molar-refractivity contribution in [1.29, 1.82) is 0 Å². The zero-order valence-corrected chi connectivity index (χ0v) is 18.2. The zero-order valence-electron chi connectivity index (χ0n) is 17.5. The summed E-state index contributed by atoms with van der Waals surface area (Å²) in [5, 5.41) is 6.54. The van der Waals surface area contributed by atoms with Crippen LogP contribution in [0.4, 0.5) is 4.79 Å². The molecule has 2 aliphatic heterocycles. The van der Waals surface area contributed by atoms with Crippen LogP contribution in [0.25, 0.3) is 22.2 Å². The summed E-state index contributed by atoms with van der Waals surface area (Å²) in [6, 6.07) is 9.95. The summed E-state index contributed by atoms with van der Waals surface area (Å²) in [7, 11) is 0. The number of nitrogens with zero attached hydrogens (tertiary/aromatic N) is 4. The number of hydrogen-bond donors (Lipinski definition) is 0. The van der Waals surface area contributed by atoms with E-state index in [9.17, 15) is 4.79 Å². The largest absolute Gasteiger partial charge is 0.444 e. The molecule has 156 valence electrons. The molecule has 1 spiro atoms. The van der Waals surface area contributed by atoms with Crippen molar-refractivity contribution in [1.82, 2.24) is 19.7 Å². The van der Waals surface area contributed by atoms with Crippen LogP contribution in [-0.4, -0.2) is 44.4 Å². The number of rotatable bonds is 1. The van der Waals surface area contributed by atoms with Crippen molar-refractivity contribution in [2.45, 2.75) is 51.2 Å². The van der Waals surface area contributed by atoms with Crippen LogP contribution in [0.3, 0.4) is 0 Å². The van der Waals surface area contributed by atoms with Gasteiger partial charge in [-0.2, -0.15) is 5.10 Å². The van der Waals surface area contributed by atoms with E-state index in [0.717, 1.165) is 41.5 Å². The molecule has 7 heteroatoms. The SMILES string of the molecule is CC(C)(C)OC(=O)N1CCC2(CCn3nc(-c4cnc5ccc(Cl)cc5c4)cc32)C1. The smallest absolute Gasteiger partial charge is 0.410 e. The quantitative estimate of drug-likeness (QED) is 0.549. The van der Waals surface area contributed by atoms with Crippen molar-refractivity contribution >= 4 is 28.6 Å². The maximum absolute atomic E-state index is 12.6.